The molecule has 0 bridgehead atoms. The van der Waals surface area contributed by atoms with E-state index in [4.69, 9.17) is 0 Å². The Morgan fingerprint density at radius 1 is 1.32 bits per heavy atom. The minimum absolute atomic E-state index is 0.151. The van der Waals surface area contributed by atoms with Gasteiger partial charge in [0.2, 0.25) is 5.91 Å². The van der Waals surface area contributed by atoms with Gasteiger partial charge in [-0.25, -0.2) is 8.42 Å². The third kappa shape index (κ3) is 4.26. The fourth-order valence-corrected chi connectivity index (χ4v) is 6.43. The maximum absolute atomic E-state index is 13.0. The van der Waals surface area contributed by atoms with Crippen LogP contribution >= 0.6 is 11.3 Å². The van der Waals surface area contributed by atoms with Crippen LogP contribution in [0.3, 0.4) is 0 Å². The highest BCUT2D eigenvalue weighted by Crippen LogP contribution is 2.32. The average molecular weight is 385 g/mol. The Labute approximate surface area is 155 Å². The lowest BCUT2D eigenvalue weighted by Crippen LogP contribution is -2.48. The maximum atomic E-state index is 13.0. The predicted molar refractivity (Wildman–Crippen MR) is 100 cm³/mol. The Balaban J connectivity index is 1.73. The van der Waals surface area contributed by atoms with E-state index in [2.05, 4.69) is 13.8 Å². The molecule has 3 rings (SSSR count). The van der Waals surface area contributed by atoms with Crippen LogP contribution in [0.2, 0.25) is 0 Å². The zero-order valence-electron chi connectivity index (χ0n) is 15.3. The first-order valence-corrected chi connectivity index (χ1v) is 11.4. The largest absolute Gasteiger partial charge is 0.339 e. The van der Waals surface area contributed by atoms with Gasteiger partial charge >= 0.3 is 0 Å². The fraction of sp³-hybridized carbons (Fsp3) is 0.722. The second kappa shape index (κ2) is 7.37. The predicted octanol–water partition coefficient (Wildman–Crippen LogP) is 3.10. The Hall–Kier alpha value is -0.920. The summed E-state index contributed by atoms with van der Waals surface area (Å²) in [7, 11) is -3.48. The number of rotatable bonds is 6. The van der Waals surface area contributed by atoms with Crippen LogP contribution in [0, 0.1) is 18.8 Å². The molecule has 5 nitrogen and oxygen atoms in total. The number of hydrogen-bond acceptors (Lipinski definition) is 4. The summed E-state index contributed by atoms with van der Waals surface area (Å²) in [6.07, 6.45) is 3.71. The van der Waals surface area contributed by atoms with Crippen molar-refractivity contribution in [2.45, 2.75) is 56.7 Å². The van der Waals surface area contributed by atoms with Crippen molar-refractivity contribution in [3.05, 3.63) is 17.0 Å². The first-order valence-electron chi connectivity index (χ1n) is 9.16. The second-order valence-electron chi connectivity index (χ2n) is 7.68. The molecule has 1 aromatic rings. The van der Waals surface area contributed by atoms with Gasteiger partial charge in [0, 0.05) is 30.6 Å². The van der Waals surface area contributed by atoms with Gasteiger partial charge in [-0.05, 0) is 50.7 Å². The lowest BCUT2D eigenvalue weighted by Gasteiger charge is -2.35. The molecule has 2 aliphatic rings. The summed E-state index contributed by atoms with van der Waals surface area (Å²) in [6, 6.07) is 3.89. The van der Waals surface area contributed by atoms with E-state index in [1.807, 2.05) is 17.9 Å². The van der Waals surface area contributed by atoms with Crippen molar-refractivity contribution >= 4 is 27.3 Å². The molecule has 1 saturated heterocycles. The van der Waals surface area contributed by atoms with Gasteiger partial charge < -0.3 is 4.90 Å². The molecular weight excluding hydrogens is 356 g/mol. The van der Waals surface area contributed by atoms with Gasteiger partial charge in [0.1, 0.15) is 4.21 Å². The monoisotopic (exact) mass is 384 g/mol. The highest BCUT2D eigenvalue weighted by Gasteiger charge is 2.39. The number of carbonyl (C=O) groups excluding carboxylic acids is 1. The van der Waals surface area contributed by atoms with Crippen molar-refractivity contribution in [1.29, 1.82) is 0 Å². The molecule has 140 valence electrons. The Bertz CT molecular complexity index is 722. The molecule has 2 heterocycles. The summed E-state index contributed by atoms with van der Waals surface area (Å²) < 4.78 is 27.7. The Morgan fingerprint density at radius 3 is 2.60 bits per heavy atom. The number of piperidine rings is 1. The number of hydrogen-bond donors (Lipinski definition) is 0. The molecule has 0 N–H and O–H groups in total. The van der Waals surface area contributed by atoms with Crippen LogP contribution in [-0.4, -0.2) is 49.2 Å². The summed E-state index contributed by atoms with van der Waals surface area (Å²) in [5.41, 5.74) is 0. The summed E-state index contributed by atoms with van der Waals surface area (Å²) in [5.74, 6) is 0.379. The third-order valence-electron chi connectivity index (χ3n) is 4.88. The topological polar surface area (TPSA) is 57.7 Å². The molecule has 2 fully saturated rings. The number of nitrogens with zero attached hydrogens (tertiary/aromatic N) is 2. The van der Waals surface area contributed by atoms with Gasteiger partial charge in [-0.15, -0.1) is 11.3 Å². The number of aryl methyl sites for hydroxylation is 1. The van der Waals surface area contributed by atoms with Gasteiger partial charge in [-0.3, -0.25) is 4.79 Å². The SMILES string of the molecule is Cc1ccc(S(=O)(=O)N2CCCC(C(=O)N(CC(C)C)C3CC3)C2)s1. The van der Waals surface area contributed by atoms with E-state index in [1.165, 1.54) is 15.6 Å². The second-order valence-corrected chi connectivity index (χ2v) is 11.1. The van der Waals surface area contributed by atoms with Crippen LogP contribution in [0.5, 0.6) is 0 Å². The van der Waals surface area contributed by atoms with Crippen molar-refractivity contribution in [3.63, 3.8) is 0 Å². The van der Waals surface area contributed by atoms with Crippen molar-refractivity contribution in [3.8, 4) is 0 Å². The summed E-state index contributed by atoms with van der Waals surface area (Å²) >= 11 is 1.30. The van der Waals surface area contributed by atoms with E-state index in [-0.39, 0.29) is 11.8 Å². The van der Waals surface area contributed by atoms with Crippen molar-refractivity contribution in [2.24, 2.45) is 11.8 Å². The van der Waals surface area contributed by atoms with E-state index >= 15 is 0 Å². The van der Waals surface area contributed by atoms with Crippen LogP contribution in [0.25, 0.3) is 0 Å². The minimum Gasteiger partial charge on any atom is -0.339 e. The fourth-order valence-electron chi connectivity index (χ4n) is 3.47. The van der Waals surface area contributed by atoms with E-state index in [0.717, 1.165) is 37.1 Å². The molecule has 0 aromatic carbocycles. The highest BCUT2D eigenvalue weighted by atomic mass is 32.2. The standard InChI is InChI=1S/C18H28N2O3S2/c1-13(2)11-20(16-7-8-16)18(21)15-5-4-10-19(12-15)25(22,23)17-9-6-14(3)24-17/h6,9,13,15-16H,4-5,7-8,10-12H2,1-3H3. The van der Waals surface area contributed by atoms with E-state index < -0.39 is 10.0 Å². The first-order chi connectivity index (χ1) is 11.8. The Morgan fingerprint density at radius 2 is 2.04 bits per heavy atom. The molecule has 1 amide bonds. The first kappa shape index (κ1) is 18.9. The van der Waals surface area contributed by atoms with Crippen LogP contribution in [0.15, 0.2) is 16.3 Å². The number of carbonyl (C=O) groups is 1. The summed E-state index contributed by atoms with van der Waals surface area (Å²) in [5, 5.41) is 0. The van der Waals surface area contributed by atoms with Gasteiger partial charge in [0.05, 0.1) is 5.92 Å². The van der Waals surface area contributed by atoms with Crippen molar-refractivity contribution in [1.82, 2.24) is 9.21 Å². The highest BCUT2D eigenvalue weighted by molar-refractivity contribution is 7.91. The lowest BCUT2D eigenvalue weighted by molar-refractivity contribution is -0.137. The zero-order chi connectivity index (χ0) is 18.2. The van der Waals surface area contributed by atoms with Crippen molar-refractivity contribution in [2.75, 3.05) is 19.6 Å². The van der Waals surface area contributed by atoms with Crippen LogP contribution in [-0.2, 0) is 14.8 Å². The molecule has 0 spiro atoms. The van der Waals surface area contributed by atoms with E-state index in [1.54, 1.807) is 6.07 Å². The molecular formula is C18H28N2O3S2. The smallest absolute Gasteiger partial charge is 0.252 e. The maximum Gasteiger partial charge on any atom is 0.252 e. The number of thiophene rings is 1. The van der Waals surface area contributed by atoms with Crippen LogP contribution in [0.1, 0.15) is 44.4 Å². The minimum atomic E-state index is -3.48. The number of amides is 1. The molecule has 1 aliphatic heterocycles. The molecule has 0 radical (unpaired) electrons. The van der Waals surface area contributed by atoms with Crippen LogP contribution < -0.4 is 0 Å². The summed E-state index contributed by atoms with van der Waals surface area (Å²) in [6.45, 7) is 7.76. The van der Waals surface area contributed by atoms with E-state index in [0.29, 0.717) is 29.3 Å². The number of sulfonamides is 1. The van der Waals surface area contributed by atoms with Gasteiger partial charge in [0.15, 0.2) is 0 Å². The molecule has 1 saturated carbocycles. The van der Waals surface area contributed by atoms with Crippen molar-refractivity contribution < 1.29 is 13.2 Å². The lowest BCUT2D eigenvalue weighted by atomic mass is 9.97. The van der Waals surface area contributed by atoms with Crippen LogP contribution in [0.4, 0.5) is 0 Å². The molecule has 7 heteroatoms. The zero-order valence-corrected chi connectivity index (χ0v) is 16.9. The molecule has 1 aromatic heterocycles. The quantitative estimate of drug-likeness (QED) is 0.757. The molecule has 25 heavy (non-hydrogen) atoms. The third-order valence-corrected chi connectivity index (χ3v) is 8.21. The summed E-state index contributed by atoms with van der Waals surface area (Å²) in [4.78, 5) is 16.0. The molecule has 1 aliphatic carbocycles. The average Bonchev–Trinajstić information content (AvgIpc) is 3.32. The van der Waals surface area contributed by atoms with Gasteiger partial charge in [-0.1, -0.05) is 13.8 Å². The van der Waals surface area contributed by atoms with Gasteiger partial charge in [-0.2, -0.15) is 4.31 Å². The molecule has 1 unspecified atom stereocenters. The normalized spacial score (nSPS) is 22.3. The molecule has 1 atom stereocenters. The van der Waals surface area contributed by atoms with E-state index in [9.17, 15) is 13.2 Å². The van der Waals surface area contributed by atoms with Gasteiger partial charge in [0.25, 0.3) is 10.0 Å². The Kier molecular flexibility index (Phi) is 5.56.